The molecule has 19 heteroatoms. The minimum Gasteiger partial charge on any atom is -0.480 e. The molecule has 10 N–H and O–H groups in total. The highest BCUT2D eigenvalue weighted by Crippen LogP contribution is 2.22. The first-order valence-corrected chi connectivity index (χ1v) is 17.2. The highest BCUT2D eigenvalue weighted by atomic mass is 16.4. The minimum atomic E-state index is -1.24. The molecule has 2 aliphatic heterocycles. The third kappa shape index (κ3) is 13.1. The Balaban J connectivity index is 2.01. The van der Waals surface area contributed by atoms with Crippen molar-refractivity contribution in [2.45, 2.75) is 103 Å². The molecule has 6 atom stereocenters. The van der Waals surface area contributed by atoms with Gasteiger partial charge in [0.2, 0.25) is 47.3 Å². The van der Waals surface area contributed by atoms with E-state index in [2.05, 4.69) is 26.6 Å². The fourth-order valence-electron chi connectivity index (χ4n) is 5.99. The van der Waals surface area contributed by atoms with Crippen LogP contribution in [0, 0.1) is 11.8 Å². The van der Waals surface area contributed by atoms with Crippen molar-refractivity contribution in [2.75, 3.05) is 32.7 Å². The highest BCUT2D eigenvalue weighted by Gasteiger charge is 2.40. The molecule has 2 heterocycles. The number of carbonyl (C=O) groups is 9. The lowest BCUT2D eigenvalue weighted by Crippen LogP contribution is -2.57. The second-order valence-electron chi connectivity index (χ2n) is 13.4. The maximum absolute atomic E-state index is 13.6. The van der Waals surface area contributed by atoms with Crippen molar-refractivity contribution in [2.24, 2.45) is 23.3 Å². The van der Waals surface area contributed by atoms with Gasteiger partial charge in [0.05, 0.1) is 25.6 Å². The quantitative estimate of drug-likeness (QED) is 0.0652. The summed E-state index contributed by atoms with van der Waals surface area (Å²) in [6.45, 7) is 6.17. The number of likely N-dealkylation sites (tertiary alicyclic amines) is 2. The Morgan fingerprint density at radius 3 is 1.94 bits per heavy atom. The first-order chi connectivity index (χ1) is 24.0. The van der Waals surface area contributed by atoms with Crippen LogP contribution in [0.2, 0.25) is 0 Å². The lowest BCUT2D eigenvalue weighted by atomic mass is 9.97. The predicted molar refractivity (Wildman–Crippen MR) is 181 cm³/mol. The van der Waals surface area contributed by atoms with Crippen LogP contribution in [0.4, 0.5) is 0 Å². The lowest BCUT2D eigenvalue weighted by Gasteiger charge is -2.30. The van der Waals surface area contributed by atoms with Crippen LogP contribution >= 0.6 is 0 Å². The van der Waals surface area contributed by atoms with E-state index in [1.165, 1.54) is 9.80 Å². The number of nitrogens with zero attached hydrogens (tertiary/aromatic N) is 2. The van der Waals surface area contributed by atoms with E-state index in [0.717, 1.165) is 0 Å². The van der Waals surface area contributed by atoms with Gasteiger partial charge in [0.25, 0.3) is 0 Å². The molecule has 8 amide bonds. The SMILES string of the molecule is CC[C@H](C)[C@H](NC(=O)[C@@H]1CCCN1C(=O)CNC(=O)[C@@H]1CCCN1C(=O)[C@H](CC(C)C)NC(=O)CNC(=O)[C@@H](N)CC(N)=O)C(=O)NCC(=O)O. The predicted octanol–water partition coefficient (Wildman–Crippen LogP) is -3.33. The average Bonchev–Trinajstić information content (AvgIpc) is 3.76. The molecular weight excluding hydrogens is 670 g/mol. The number of carbonyl (C=O) groups excluding carboxylic acids is 8. The molecule has 2 saturated heterocycles. The fourth-order valence-corrected chi connectivity index (χ4v) is 5.99. The second-order valence-corrected chi connectivity index (χ2v) is 13.4. The van der Waals surface area contributed by atoms with Gasteiger partial charge >= 0.3 is 5.97 Å². The van der Waals surface area contributed by atoms with Gasteiger partial charge in [0.15, 0.2) is 0 Å². The van der Waals surface area contributed by atoms with Crippen LogP contribution in [-0.2, 0) is 43.2 Å². The summed E-state index contributed by atoms with van der Waals surface area (Å²) in [5.74, 6) is -6.64. The number of hydrogen-bond acceptors (Lipinski definition) is 10. The molecule has 2 fully saturated rings. The summed E-state index contributed by atoms with van der Waals surface area (Å²) in [7, 11) is 0. The zero-order valence-corrected chi connectivity index (χ0v) is 29.7. The molecule has 0 radical (unpaired) electrons. The van der Waals surface area contributed by atoms with Crippen LogP contribution in [0.3, 0.4) is 0 Å². The number of carboxylic acids is 1. The van der Waals surface area contributed by atoms with Crippen molar-refractivity contribution in [3.05, 3.63) is 0 Å². The van der Waals surface area contributed by atoms with Gasteiger partial charge in [-0.2, -0.15) is 0 Å². The molecule has 0 aliphatic carbocycles. The average molecular weight is 724 g/mol. The molecule has 51 heavy (non-hydrogen) atoms. The van der Waals surface area contributed by atoms with Gasteiger partial charge < -0.3 is 53.0 Å². The normalized spacial score (nSPS) is 19.3. The number of nitrogens with one attached hydrogen (secondary N) is 5. The van der Waals surface area contributed by atoms with E-state index < -0.39 is 109 Å². The van der Waals surface area contributed by atoms with E-state index in [1.807, 2.05) is 20.8 Å². The van der Waals surface area contributed by atoms with E-state index >= 15 is 0 Å². The summed E-state index contributed by atoms with van der Waals surface area (Å²) in [5.41, 5.74) is 10.6. The van der Waals surface area contributed by atoms with Crippen molar-refractivity contribution >= 4 is 53.2 Å². The molecule has 0 aromatic heterocycles. The number of nitrogens with two attached hydrogens (primary N) is 2. The van der Waals surface area contributed by atoms with E-state index in [4.69, 9.17) is 16.6 Å². The number of primary amides is 1. The van der Waals surface area contributed by atoms with Gasteiger partial charge in [-0.15, -0.1) is 0 Å². The Morgan fingerprint density at radius 2 is 1.37 bits per heavy atom. The fraction of sp³-hybridized carbons (Fsp3) is 0.719. The standard InChI is InChI=1S/C32H53N9O10/c1-5-18(4)27(31(50)37-16-26(45)46)39-30(49)22-9-6-10-40(22)25(44)15-36-29(48)21-8-7-11-41(21)32(51)20(12-17(2)3)38-24(43)14-35-28(47)19(33)13-23(34)42/h17-22,27H,5-16,33H2,1-4H3,(H2,34,42)(H,35,47)(H,36,48)(H,37,50)(H,38,43)(H,39,49)(H,45,46)/t18-,19-,20-,21-,22-,27-/m0/s1. The number of rotatable bonds is 19. The Labute approximate surface area is 296 Å². The summed E-state index contributed by atoms with van der Waals surface area (Å²) in [4.78, 5) is 115. The molecule has 0 unspecified atom stereocenters. The van der Waals surface area contributed by atoms with Gasteiger partial charge in [0.1, 0.15) is 30.7 Å². The number of hydrogen-bond donors (Lipinski definition) is 8. The Hall–Kier alpha value is -4.81. The van der Waals surface area contributed by atoms with Gasteiger partial charge in [-0.25, -0.2) is 0 Å². The molecule has 2 rings (SSSR count). The molecule has 19 nitrogen and oxygen atoms in total. The smallest absolute Gasteiger partial charge is 0.322 e. The zero-order valence-electron chi connectivity index (χ0n) is 29.7. The molecule has 2 aliphatic rings. The monoisotopic (exact) mass is 723 g/mol. The van der Waals surface area contributed by atoms with Crippen LogP contribution in [-0.4, -0.2) is 131 Å². The molecule has 0 saturated carbocycles. The largest absolute Gasteiger partial charge is 0.480 e. The van der Waals surface area contributed by atoms with Gasteiger partial charge in [0, 0.05) is 13.1 Å². The first-order valence-electron chi connectivity index (χ1n) is 17.2. The Morgan fingerprint density at radius 1 is 0.784 bits per heavy atom. The van der Waals surface area contributed by atoms with Crippen molar-refractivity contribution in [3.8, 4) is 0 Å². The van der Waals surface area contributed by atoms with Gasteiger partial charge in [-0.3, -0.25) is 43.2 Å². The molecule has 0 aromatic rings. The molecule has 0 aromatic carbocycles. The van der Waals surface area contributed by atoms with Crippen LogP contribution in [0.5, 0.6) is 0 Å². The number of aliphatic carboxylic acids is 1. The van der Waals surface area contributed by atoms with Crippen LogP contribution in [0.25, 0.3) is 0 Å². The van der Waals surface area contributed by atoms with Crippen LogP contribution in [0.1, 0.15) is 72.6 Å². The summed E-state index contributed by atoms with van der Waals surface area (Å²) in [5, 5.41) is 21.3. The van der Waals surface area contributed by atoms with Crippen molar-refractivity contribution in [3.63, 3.8) is 0 Å². The second kappa shape index (κ2) is 20.1. The van der Waals surface area contributed by atoms with Gasteiger partial charge in [-0.1, -0.05) is 34.1 Å². The Kier molecular flexibility index (Phi) is 16.7. The minimum absolute atomic E-state index is 0.0319. The summed E-state index contributed by atoms with van der Waals surface area (Å²) >= 11 is 0. The highest BCUT2D eigenvalue weighted by molar-refractivity contribution is 5.97. The maximum atomic E-state index is 13.6. The van der Waals surface area contributed by atoms with E-state index in [-0.39, 0.29) is 31.3 Å². The summed E-state index contributed by atoms with van der Waals surface area (Å²) in [6, 6.07) is -5.08. The zero-order chi connectivity index (χ0) is 38.4. The molecule has 286 valence electrons. The summed E-state index contributed by atoms with van der Waals surface area (Å²) < 4.78 is 0. The maximum Gasteiger partial charge on any atom is 0.322 e. The summed E-state index contributed by atoms with van der Waals surface area (Å²) in [6.07, 6.45) is 2.00. The molecule has 0 spiro atoms. The molecule has 0 bridgehead atoms. The van der Waals surface area contributed by atoms with Crippen LogP contribution in [0.15, 0.2) is 0 Å². The van der Waals surface area contributed by atoms with E-state index in [9.17, 15) is 43.2 Å². The van der Waals surface area contributed by atoms with Crippen molar-refractivity contribution < 1.29 is 48.3 Å². The number of carboxylic acid groups (broad SMARTS) is 1. The van der Waals surface area contributed by atoms with Crippen LogP contribution < -0.4 is 38.1 Å². The van der Waals surface area contributed by atoms with Crippen molar-refractivity contribution in [1.29, 1.82) is 0 Å². The third-order valence-electron chi connectivity index (χ3n) is 8.86. The first kappa shape index (κ1) is 42.4. The Bertz CT molecular complexity index is 1330. The molecular formula is C32H53N9O10. The van der Waals surface area contributed by atoms with Gasteiger partial charge in [-0.05, 0) is 43.9 Å². The van der Waals surface area contributed by atoms with Crippen molar-refractivity contribution in [1.82, 2.24) is 36.4 Å². The topological polar surface area (TPSA) is 293 Å². The third-order valence-corrected chi connectivity index (χ3v) is 8.86. The number of amides is 8. The van der Waals surface area contributed by atoms with E-state index in [0.29, 0.717) is 32.1 Å². The lowest BCUT2D eigenvalue weighted by molar-refractivity contribution is -0.143. The van der Waals surface area contributed by atoms with E-state index in [1.54, 1.807) is 6.92 Å².